The lowest BCUT2D eigenvalue weighted by Gasteiger charge is -2.08. The summed E-state index contributed by atoms with van der Waals surface area (Å²) in [6, 6.07) is 49.9. The summed E-state index contributed by atoms with van der Waals surface area (Å²) in [5.41, 5.74) is 6.49. The largest absolute Gasteiger partial charge is 0.115 e. The number of rotatable bonds is 1. The molecule has 0 N–H and O–H groups in total. The van der Waals surface area contributed by atoms with E-state index < -0.39 is 0 Å². The van der Waals surface area contributed by atoms with Crippen molar-refractivity contribution in [2.45, 2.75) is 68.2 Å². The highest BCUT2D eigenvalue weighted by molar-refractivity contribution is 5.83. The molecule has 6 aromatic carbocycles. The van der Waals surface area contributed by atoms with Crippen molar-refractivity contribution >= 4 is 21.5 Å². The molecule has 0 nitrogen and oxygen atoms in total. The van der Waals surface area contributed by atoms with Crippen molar-refractivity contribution in [1.29, 1.82) is 0 Å². The Hall–Kier alpha value is -5.12. The first kappa shape index (κ1) is 41.1. The number of hydrogen-bond donors (Lipinski definition) is 0. The van der Waals surface area contributed by atoms with Crippen LogP contribution in [-0.2, 0) is 6.42 Å². The molecule has 0 bridgehead atoms. The molecule has 0 saturated carbocycles. The molecule has 50 heavy (non-hydrogen) atoms. The van der Waals surface area contributed by atoms with Crippen LogP contribution in [0.3, 0.4) is 0 Å². The molecule has 0 saturated heterocycles. The zero-order chi connectivity index (χ0) is 36.6. The van der Waals surface area contributed by atoms with E-state index in [1.165, 1.54) is 50.2 Å². The lowest BCUT2D eigenvalue weighted by atomic mass is 9.97. The third kappa shape index (κ3) is 17.9. The maximum Gasteiger partial charge on any atom is 0.0242 e. The Kier molecular flexibility index (Phi) is 19.8. The average molecular weight is 659 g/mol. The van der Waals surface area contributed by atoms with Crippen molar-refractivity contribution < 1.29 is 0 Å². The molecule has 1 atom stereocenters. The molecule has 0 amide bonds. The van der Waals surface area contributed by atoms with Gasteiger partial charge in [0.05, 0.1) is 0 Å². The second-order valence-corrected chi connectivity index (χ2v) is 13.4. The normalized spacial score (nSPS) is 12.4. The van der Waals surface area contributed by atoms with Gasteiger partial charge in [-0.25, -0.2) is 0 Å². The van der Waals surface area contributed by atoms with Crippen LogP contribution in [-0.4, -0.2) is 0 Å². The van der Waals surface area contributed by atoms with Gasteiger partial charge in [0, 0.05) is 5.56 Å². The Balaban J connectivity index is 0.000000213. The summed E-state index contributed by atoms with van der Waals surface area (Å²) in [6.45, 7) is 17.3. The van der Waals surface area contributed by atoms with Crippen LogP contribution in [0.2, 0.25) is 0 Å². The SMILES string of the molecule is C#Cc1ccccc1.CC(C)C.CC1=CC=CC(C)C1.CCc1ccccc1.Cc1ccc2ccccc2c1.Cc1ccc2ccccc2c1. The molecule has 0 heterocycles. The summed E-state index contributed by atoms with van der Waals surface area (Å²) in [5.74, 6) is 4.12. The van der Waals surface area contributed by atoms with Crippen LogP contribution >= 0.6 is 0 Å². The van der Waals surface area contributed by atoms with Gasteiger partial charge in [0.1, 0.15) is 0 Å². The van der Waals surface area contributed by atoms with Crippen molar-refractivity contribution in [3.05, 3.63) is 192 Å². The first-order valence-electron chi connectivity index (χ1n) is 17.9. The smallest absolute Gasteiger partial charge is 0.0242 e. The Morgan fingerprint density at radius 1 is 0.600 bits per heavy atom. The molecule has 1 aliphatic rings. The van der Waals surface area contributed by atoms with E-state index in [-0.39, 0.29) is 0 Å². The van der Waals surface area contributed by atoms with Crippen LogP contribution in [0.4, 0.5) is 0 Å². The minimum absolute atomic E-state index is 0.764. The minimum atomic E-state index is 0.764. The van der Waals surface area contributed by atoms with E-state index in [4.69, 9.17) is 6.42 Å². The third-order valence-electron chi connectivity index (χ3n) is 7.47. The maximum absolute atomic E-state index is 5.10. The highest BCUT2D eigenvalue weighted by atomic mass is 14.1. The minimum Gasteiger partial charge on any atom is -0.115 e. The maximum atomic E-state index is 5.10. The predicted molar refractivity (Wildman–Crippen MR) is 225 cm³/mol. The topological polar surface area (TPSA) is 0 Å². The lowest BCUT2D eigenvalue weighted by molar-refractivity contribution is 0.707. The van der Waals surface area contributed by atoms with Crippen LogP contribution in [0.25, 0.3) is 21.5 Å². The van der Waals surface area contributed by atoms with Crippen LogP contribution in [0.1, 0.15) is 70.2 Å². The zero-order valence-corrected chi connectivity index (χ0v) is 31.7. The summed E-state index contributed by atoms with van der Waals surface area (Å²) < 4.78 is 0. The fourth-order valence-corrected chi connectivity index (χ4v) is 4.92. The summed E-state index contributed by atoms with van der Waals surface area (Å²) >= 11 is 0. The molecule has 258 valence electrons. The molecular formula is C50H58. The molecule has 0 radical (unpaired) electrons. The number of allylic oxidation sites excluding steroid dienone is 4. The fourth-order valence-electron chi connectivity index (χ4n) is 4.92. The summed E-state index contributed by atoms with van der Waals surface area (Å²) in [5, 5.41) is 5.29. The molecule has 6 aromatic rings. The Bertz CT molecular complexity index is 1800. The van der Waals surface area contributed by atoms with Gasteiger partial charge in [0.2, 0.25) is 0 Å². The van der Waals surface area contributed by atoms with E-state index in [9.17, 15) is 0 Å². The second kappa shape index (κ2) is 24.1. The monoisotopic (exact) mass is 658 g/mol. The van der Waals surface area contributed by atoms with Crippen LogP contribution in [0.15, 0.2) is 169 Å². The van der Waals surface area contributed by atoms with E-state index in [1.54, 1.807) is 0 Å². The number of aryl methyl sites for hydroxylation is 3. The van der Waals surface area contributed by atoms with Gasteiger partial charge in [0.15, 0.2) is 0 Å². The Labute approximate surface area is 304 Å². The summed E-state index contributed by atoms with van der Waals surface area (Å²) in [4.78, 5) is 0. The van der Waals surface area contributed by atoms with Gasteiger partial charge in [-0.2, -0.15) is 0 Å². The second-order valence-electron chi connectivity index (χ2n) is 13.4. The van der Waals surface area contributed by atoms with E-state index in [1.807, 2.05) is 36.4 Å². The van der Waals surface area contributed by atoms with E-state index in [0.29, 0.717) is 0 Å². The zero-order valence-electron chi connectivity index (χ0n) is 31.7. The molecule has 0 fully saturated rings. The van der Waals surface area contributed by atoms with Crippen molar-refractivity contribution in [3.63, 3.8) is 0 Å². The van der Waals surface area contributed by atoms with Gasteiger partial charge >= 0.3 is 0 Å². The first-order chi connectivity index (χ1) is 24.1. The molecule has 0 aromatic heterocycles. The van der Waals surface area contributed by atoms with Crippen molar-refractivity contribution in [2.24, 2.45) is 11.8 Å². The lowest BCUT2D eigenvalue weighted by Crippen LogP contribution is -1.93. The molecule has 7 rings (SSSR count). The van der Waals surface area contributed by atoms with Crippen LogP contribution in [0.5, 0.6) is 0 Å². The van der Waals surface area contributed by atoms with E-state index in [2.05, 4.69) is 189 Å². The third-order valence-corrected chi connectivity index (χ3v) is 7.47. The first-order valence-corrected chi connectivity index (χ1v) is 17.9. The van der Waals surface area contributed by atoms with Gasteiger partial charge in [-0.3, -0.25) is 0 Å². The molecule has 0 heteroatoms. The number of benzene rings is 6. The number of hydrogen-bond acceptors (Lipinski definition) is 0. The summed E-state index contributed by atoms with van der Waals surface area (Å²) in [6.07, 6.45) is 14.1. The van der Waals surface area contributed by atoms with Gasteiger partial charge in [-0.1, -0.05) is 209 Å². The predicted octanol–water partition coefficient (Wildman–Crippen LogP) is 14.4. The van der Waals surface area contributed by atoms with Crippen LogP contribution in [0, 0.1) is 38.0 Å². The molecule has 0 spiro atoms. The number of fused-ring (bicyclic) bond motifs is 2. The Morgan fingerprint density at radius 2 is 1.02 bits per heavy atom. The Morgan fingerprint density at radius 3 is 1.36 bits per heavy atom. The molecular weight excluding hydrogens is 601 g/mol. The van der Waals surface area contributed by atoms with Crippen LogP contribution < -0.4 is 0 Å². The van der Waals surface area contributed by atoms with Gasteiger partial charge in [0.25, 0.3) is 0 Å². The molecule has 1 unspecified atom stereocenters. The van der Waals surface area contributed by atoms with Gasteiger partial charge in [-0.15, -0.1) is 6.42 Å². The van der Waals surface area contributed by atoms with E-state index >= 15 is 0 Å². The van der Waals surface area contributed by atoms with Crippen molar-refractivity contribution in [1.82, 2.24) is 0 Å². The van der Waals surface area contributed by atoms with Gasteiger partial charge < -0.3 is 0 Å². The summed E-state index contributed by atoms with van der Waals surface area (Å²) in [7, 11) is 0. The highest BCUT2D eigenvalue weighted by Gasteiger charge is 2.00. The highest BCUT2D eigenvalue weighted by Crippen LogP contribution is 2.17. The van der Waals surface area contributed by atoms with Crippen molar-refractivity contribution in [3.8, 4) is 12.3 Å². The quantitative estimate of drug-likeness (QED) is 0.154. The van der Waals surface area contributed by atoms with Gasteiger partial charge in [-0.05, 0) is 84.7 Å². The van der Waals surface area contributed by atoms with E-state index in [0.717, 1.165) is 23.8 Å². The van der Waals surface area contributed by atoms with Crippen molar-refractivity contribution in [2.75, 3.05) is 0 Å². The standard InChI is InChI=1S/2C11H10.C8H12.C8H10.C8H6.C4H10/c2*1-9-6-7-10-4-2-3-5-11(10)8-9;1-7-4-3-5-8(2)6-7;2*1-2-8-6-4-3-5-7-8;1-4(2)3/h2*2-8H,1H3;3-5,7H,6H2,1-2H3;3-7H,2H2,1H3;1,3-7H;4H,1-3H3. The number of terminal acetylenes is 1. The fraction of sp³-hybridized carbons (Fsp3) is 0.240. The molecule has 0 aliphatic heterocycles. The molecule has 1 aliphatic carbocycles. The average Bonchev–Trinajstić information content (AvgIpc) is 3.13.